The number of aliphatic hydroxyl groups is 1. The number of benzene rings is 1. The van der Waals surface area contributed by atoms with Crippen LogP contribution in [0.5, 0.6) is 0 Å². The number of halogens is 1. The van der Waals surface area contributed by atoms with E-state index in [-0.39, 0.29) is 17.8 Å². The number of rotatable bonds is 7. The van der Waals surface area contributed by atoms with Gasteiger partial charge in [-0.3, -0.25) is 0 Å². The molecule has 1 aromatic heterocycles. The Bertz CT molecular complexity index is 524. The monoisotopic (exact) mass is 291 g/mol. The molecule has 1 aromatic carbocycles. The van der Waals surface area contributed by atoms with E-state index < -0.39 is 6.10 Å². The molecular formula is C17H22FNO2. The molecule has 0 amide bonds. The second kappa shape index (κ2) is 7.38. The maximum Gasteiger partial charge on any atom is 0.132 e. The molecule has 114 valence electrons. The summed E-state index contributed by atoms with van der Waals surface area (Å²) >= 11 is 0. The Hall–Kier alpha value is -1.65. The topological polar surface area (TPSA) is 45.4 Å². The Morgan fingerprint density at radius 2 is 1.90 bits per heavy atom. The maximum atomic E-state index is 12.9. The van der Waals surface area contributed by atoms with Crippen molar-refractivity contribution in [2.45, 2.75) is 38.3 Å². The van der Waals surface area contributed by atoms with Gasteiger partial charge < -0.3 is 14.8 Å². The highest BCUT2D eigenvalue weighted by molar-refractivity contribution is 5.20. The van der Waals surface area contributed by atoms with Crippen molar-refractivity contribution in [3.63, 3.8) is 0 Å². The fourth-order valence-corrected chi connectivity index (χ4v) is 2.30. The van der Waals surface area contributed by atoms with E-state index in [0.29, 0.717) is 12.2 Å². The summed E-state index contributed by atoms with van der Waals surface area (Å²) in [4.78, 5) is 0. The molecule has 3 unspecified atom stereocenters. The minimum atomic E-state index is -0.594. The Balaban J connectivity index is 1.78. The Labute approximate surface area is 124 Å². The van der Waals surface area contributed by atoms with E-state index in [9.17, 15) is 9.50 Å². The standard InChI is InChI=1S/C17H22FNO2/c1-12(14-5-7-15(18)8-6-14)11-19-13(2)10-16(20)17-4-3-9-21-17/h3-9,12-13,16,19-20H,10-11H2,1-2H3. The van der Waals surface area contributed by atoms with Gasteiger partial charge in [-0.2, -0.15) is 0 Å². The third-order valence-electron chi connectivity index (χ3n) is 3.66. The highest BCUT2D eigenvalue weighted by Gasteiger charge is 2.15. The average molecular weight is 291 g/mol. The molecule has 0 saturated carbocycles. The van der Waals surface area contributed by atoms with Crippen molar-refractivity contribution in [1.29, 1.82) is 0 Å². The van der Waals surface area contributed by atoms with Crippen molar-refractivity contribution >= 4 is 0 Å². The van der Waals surface area contributed by atoms with Gasteiger partial charge in [0.1, 0.15) is 17.7 Å². The summed E-state index contributed by atoms with van der Waals surface area (Å²) in [7, 11) is 0. The molecule has 0 radical (unpaired) electrons. The molecular weight excluding hydrogens is 269 g/mol. The van der Waals surface area contributed by atoms with Crippen molar-refractivity contribution in [3.8, 4) is 0 Å². The number of furan rings is 1. The molecule has 0 bridgehead atoms. The van der Waals surface area contributed by atoms with E-state index in [1.165, 1.54) is 12.1 Å². The lowest BCUT2D eigenvalue weighted by Gasteiger charge is -2.20. The van der Waals surface area contributed by atoms with Gasteiger partial charge >= 0.3 is 0 Å². The van der Waals surface area contributed by atoms with Crippen LogP contribution in [-0.2, 0) is 0 Å². The van der Waals surface area contributed by atoms with Gasteiger partial charge in [-0.1, -0.05) is 19.1 Å². The highest BCUT2D eigenvalue weighted by atomic mass is 19.1. The molecule has 2 aromatic rings. The molecule has 0 saturated heterocycles. The second-order valence-corrected chi connectivity index (χ2v) is 5.53. The van der Waals surface area contributed by atoms with E-state index in [2.05, 4.69) is 12.2 Å². The van der Waals surface area contributed by atoms with Gasteiger partial charge in [0.2, 0.25) is 0 Å². The first-order valence-corrected chi connectivity index (χ1v) is 7.26. The zero-order valence-electron chi connectivity index (χ0n) is 12.4. The van der Waals surface area contributed by atoms with Gasteiger partial charge in [-0.15, -0.1) is 0 Å². The van der Waals surface area contributed by atoms with E-state index in [1.54, 1.807) is 18.4 Å². The van der Waals surface area contributed by atoms with Crippen LogP contribution in [0, 0.1) is 5.82 Å². The lowest BCUT2D eigenvalue weighted by molar-refractivity contribution is 0.128. The molecule has 21 heavy (non-hydrogen) atoms. The van der Waals surface area contributed by atoms with Crippen molar-refractivity contribution in [1.82, 2.24) is 5.32 Å². The summed E-state index contributed by atoms with van der Waals surface area (Å²) in [5.74, 6) is 0.665. The van der Waals surface area contributed by atoms with Crippen LogP contribution < -0.4 is 5.32 Å². The molecule has 0 spiro atoms. The molecule has 0 fully saturated rings. The van der Waals surface area contributed by atoms with E-state index >= 15 is 0 Å². The van der Waals surface area contributed by atoms with E-state index in [0.717, 1.165) is 12.1 Å². The molecule has 1 heterocycles. The normalized spacial score (nSPS) is 15.6. The smallest absolute Gasteiger partial charge is 0.132 e. The number of hydrogen-bond donors (Lipinski definition) is 2. The minimum Gasteiger partial charge on any atom is -0.467 e. The van der Waals surface area contributed by atoms with Crippen LogP contribution in [0.3, 0.4) is 0 Å². The first-order valence-electron chi connectivity index (χ1n) is 7.26. The summed E-state index contributed by atoms with van der Waals surface area (Å²) in [5, 5.41) is 13.4. The fourth-order valence-electron chi connectivity index (χ4n) is 2.30. The second-order valence-electron chi connectivity index (χ2n) is 5.53. The summed E-state index contributed by atoms with van der Waals surface area (Å²) in [6.45, 7) is 4.90. The molecule has 2 N–H and O–H groups in total. The summed E-state index contributed by atoms with van der Waals surface area (Å²) in [5.41, 5.74) is 1.10. The lowest BCUT2D eigenvalue weighted by atomic mass is 10.0. The fraction of sp³-hybridized carbons (Fsp3) is 0.412. The average Bonchev–Trinajstić information content (AvgIpc) is 3.00. The van der Waals surface area contributed by atoms with Crippen LogP contribution >= 0.6 is 0 Å². The molecule has 0 aliphatic rings. The van der Waals surface area contributed by atoms with Crippen molar-refractivity contribution in [2.24, 2.45) is 0 Å². The first-order chi connectivity index (χ1) is 10.1. The Morgan fingerprint density at radius 1 is 1.19 bits per heavy atom. The molecule has 0 aliphatic carbocycles. The van der Waals surface area contributed by atoms with Crippen molar-refractivity contribution < 1.29 is 13.9 Å². The first kappa shape index (κ1) is 15.7. The van der Waals surface area contributed by atoms with Gasteiger partial charge in [0.25, 0.3) is 0 Å². The third kappa shape index (κ3) is 4.69. The molecule has 4 heteroatoms. The van der Waals surface area contributed by atoms with Crippen LogP contribution in [0.15, 0.2) is 47.1 Å². The number of nitrogens with one attached hydrogen (secondary N) is 1. The van der Waals surface area contributed by atoms with Gasteiger partial charge in [-0.05, 0) is 49.1 Å². The summed E-state index contributed by atoms with van der Waals surface area (Å²) < 4.78 is 18.1. The zero-order chi connectivity index (χ0) is 15.2. The highest BCUT2D eigenvalue weighted by Crippen LogP contribution is 2.19. The quantitative estimate of drug-likeness (QED) is 0.819. The van der Waals surface area contributed by atoms with Gasteiger partial charge in [0.05, 0.1) is 6.26 Å². The van der Waals surface area contributed by atoms with E-state index in [1.807, 2.05) is 19.1 Å². The van der Waals surface area contributed by atoms with Gasteiger partial charge in [-0.25, -0.2) is 4.39 Å². The van der Waals surface area contributed by atoms with Crippen LogP contribution in [-0.4, -0.2) is 17.7 Å². The minimum absolute atomic E-state index is 0.160. The molecule has 3 nitrogen and oxygen atoms in total. The van der Waals surface area contributed by atoms with Crippen LogP contribution in [0.25, 0.3) is 0 Å². The van der Waals surface area contributed by atoms with Crippen LogP contribution in [0.1, 0.15) is 43.6 Å². The Kier molecular flexibility index (Phi) is 5.53. The van der Waals surface area contributed by atoms with Crippen molar-refractivity contribution in [2.75, 3.05) is 6.54 Å². The van der Waals surface area contributed by atoms with Gasteiger partial charge in [0.15, 0.2) is 0 Å². The predicted octanol–water partition coefficient (Wildman–Crippen LogP) is 3.62. The summed E-state index contributed by atoms with van der Waals surface area (Å²) in [6, 6.07) is 10.3. The molecule has 2 rings (SSSR count). The largest absolute Gasteiger partial charge is 0.467 e. The number of hydrogen-bond acceptors (Lipinski definition) is 3. The molecule has 3 atom stereocenters. The Morgan fingerprint density at radius 3 is 2.52 bits per heavy atom. The van der Waals surface area contributed by atoms with Crippen LogP contribution in [0.2, 0.25) is 0 Å². The lowest BCUT2D eigenvalue weighted by Crippen LogP contribution is -2.31. The third-order valence-corrected chi connectivity index (χ3v) is 3.66. The number of aliphatic hydroxyl groups excluding tert-OH is 1. The van der Waals surface area contributed by atoms with Gasteiger partial charge in [0, 0.05) is 12.6 Å². The SMILES string of the molecule is CC(CC(O)c1ccco1)NCC(C)c1ccc(F)cc1. The molecule has 0 aliphatic heterocycles. The zero-order valence-corrected chi connectivity index (χ0v) is 12.4. The van der Waals surface area contributed by atoms with E-state index in [4.69, 9.17) is 4.42 Å². The van der Waals surface area contributed by atoms with Crippen molar-refractivity contribution in [3.05, 3.63) is 59.8 Å². The van der Waals surface area contributed by atoms with Crippen LogP contribution in [0.4, 0.5) is 4.39 Å². The maximum absolute atomic E-state index is 12.9. The summed E-state index contributed by atoms with van der Waals surface area (Å²) in [6.07, 6.45) is 1.56. The predicted molar refractivity (Wildman–Crippen MR) is 80.6 cm³/mol.